The Morgan fingerprint density at radius 3 is 2.41 bits per heavy atom. The Kier molecular flexibility index (Phi) is 6.01. The lowest BCUT2D eigenvalue weighted by Crippen LogP contribution is -2.23. The fourth-order valence-electron chi connectivity index (χ4n) is 3.32. The number of benzene rings is 3. The summed E-state index contributed by atoms with van der Waals surface area (Å²) in [6.45, 7) is 0. The minimum atomic E-state index is -4.68. The van der Waals surface area contributed by atoms with Crippen LogP contribution >= 0.6 is 11.6 Å². The van der Waals surface area contributed by atoms with Crippen molar-refractivity contribution in [3.8, 4) is 11.4 Å². The number of amides is 1. The van der Waals surface area contributed by atoms with Crippen molar-refractivity contribution in [1.82, 2.24) is 9.78 Å². The van der Waals surface area contributed by atoms with Crippen LogP contribution in [0, 0.1) is 5.82 Å². The van der Waals surface area contributed by atoms with Gasteiger partial charge in [-0.3, -0.25) is 9.59 Å². The Morgan fingerprint density at radius 2 is 1.79 bits per heavy atom. The van der Waals surface area contributed by atoms with E-state index in [2.05, 4.69) is 10.4 Å². The van der Waals surface area contributed by atoms with Crippen LogP contribution in [0.1, 0.15) is 15.9 Å². The van der Waals surface area contributed by atoms with Crippen molar-refractivity contribution in [2.24, 2.45) is 0 Å². The maximum atomic E-state index is 13.6. The molecule has 0 aliphatic heterocycles. The second kappa shape index (κ2) is 8.79. The summed E-state index contributed by atoms with van der Waals surface area (Å²) in [5, 5.41) is 7.20. The van der Waals surface area contributed by atoms with E-state index in [4.69, 9.17) is 16.3 Å². The molecule has 11 heteroatoms. The standard InChI is InChI=1S/C23H14ClF4N3O3/c1-34-21-18(8-12-2-3-14(25)10-17(12)20(21)24)22(33)30-15-4-6-16(7-5-15)31-19(32)9-13(11-29-31)23(26,27)28/h2-11H,1H3,(H,30,33). The van der Waals surface area contributed by atoms with Crippen LogP contribution in [-0.4, -0.2) is 22.8 Å². The molecule has 0 aliphatic rings. The van der Waals surface area contributed by atoms with E-state index < -0.39 is 29.0 Å². The number of alkyl halides is 3. The third-order valence-corrected chi connectivity index (χ3v) is 5.32. The molecule has 0 saturated carbocycles. The monoisotopic (exact) mass is 491 g/mol. The van der Waals surface area contributed by atoms with Gasteiger partial charge >= 0.3 is 6.18 Å². The fourth-order valence-corrected chi connectivity index (χ4v) is 3.66. The molecule has 0 saturated heterocycles. The zero-order chi connectivity index (χ0) is 24.6. The van der Waals surface area contributed by atoms with Crippen LogP contribution in [-0.2, 0) is 6.18 Å². The maximum absolute atomic E-state index is 13.6. The molecule has 1 amide bonds. The van der Waals surface area contributed by atoms with Crippen LogP contribution in [0.4, 0.5) is 23.2 Å². The average Bonchev–Trinajstić information content (AvgIpc) is 2.79. The number of nitrogens with one attached hydrogen (secondary N) is 1. The number of hydrogen-bond donors (Lipinski definition) is 1. The third kappa shape index (κ3) is 4.44. The summed E-state index contributed by atoms with van der Waals surface area (Å²) >= 11 is 6.33. The molecule has 1 aromatic heterocycles. The van der Waals surface area contributed by atoms with Gasteiger partial charge in [0.2, 0.25) is 0 Å². The van der Waals surface area contributed by atoms with Gasteiger partial charge in [-0.05, 0) is 47.9 Å². The number of carbonyl (C=O) groups excluding carboxylic acids is 1. The van der Waals surface area contributed by atoms with Gasteiger partial charge in [0, 0.05) is 17.1 Å². The first-order valence-electron chi connectivity index (χ1n) is 9.62. The minimum absolute atomic E-state index is 0.0643. The van der Waals surface area contributed by atoms with E-state index in [9.17, 15) is 27.2 Å². The van der Waals surface area contributed by atoms with E-state index in [1.54, 1.807) is 0 Å². The number of anilines is 1. The molecule has 0 atom stereocenters. The van der Waals surface area contributed by atoms with E-state index in [1.807, 2.05) is 0 Å². The molecule has 0 spiro atoms. The van der Waals surface area contributed by atoms with Crippen molar-refractivity contribution in [2.45, 2.75) is 6.18 Å². The largest absolute Gasteiger partial charge is 0.494 e. The number of methoxy groups -OCH3 is 1. The predicted octanol–water partition coefficient (Wildman–Crippen LogP) is 5.46. The van der Waals surface area contributed by atoms with Crippen LogP contribution < -0.4 is 15.6 Å². The first-order valence-corrected chi connectivity index (χ1v) is 10.0. The lowest BCUT2D eigenvalue weighted by atomic mass is 10.0. The van der Waals surface area contributed by atoms with Crippen LogP contribution in [0.25, 0.3) is 16.5 Å². The number of hydrogen-bond acceptors (Lipinski definition) is 4. The first kappa shape index (κ1) is 23.2. The normalized spacial score (nSPS) is 11.5. The topological polar surface area (TPSA) is 73.2 Å². The van der Waals surface area contributed by atoms with E-state index in [0.29, 0.717) is 28.7 Å². The Labute approximate surface area is 194 Å². The predicted molar refractivity (Wildman–Crippen MR) is 118 cm³/mol. The zero-order valence-corrected chi connectivity index (χ0v) is 18.0. The van der Waals surface area contributed by atoms with Crippen LogP contribution in [0.5, 0.6) is 5.75 Å². The molecule has 0 unspecified atom stereocenters. The Hall–Kier alpha value is -3.92. The fraction of sp³-hybridized carbons (Fsp3) is 0.0870. The number of aromatic nitrogens is 2. The van der Waals surface area contributed by atoms with Crippen molar-refractivity contribution < 1.29 is 27.1 Å². The molecule has 4 aromatic rings. The Balaban J connectivity index is 1.61. The SMILES string of the molecule is COc1c(C(=O)Nc2ccc(-n3ncc(C(F)(F)F)cc3=O)cc2)cc2ccc(F)cc2c1Cl. The molecule has 0 bridgehead atoms. The summed E-state index contributed by atoms with van der Waals surface area (Å²) in [5.41, 5.74) is -1.48. The average molecular weight is 492 g/mol. The molecule has 1 heterocycles. The van der Waals surface area contributed by atoms with Gasteiger partial charge in [0.05, 0.1) is 35.1 Å². The number of fused-ring (bicyclic) bond motifs is 1. The molecule has 0 fully saturated rings. The van der Waals surface area contributed by atoms with Gasteiger partial charge in [0.25, 0.3) is 11.5 Å². The molecule has 3 aromatic carbocycles. The second-order valence-electron chi connectivity index (χ2n) is 7.13. The van der Waals surface area contributed by atoms with Crippen molar-refractivity contribution in [3.05, 3.63) is 93.1 Å². The number of nitrogens with zero attached hydrogens (tertiary/aromatic N) is 2. The molecule has 4 rings (SSSR count). The number of ether oxygens (including phenoxy) is 1. The van der Waals surface area contributed by atoms with Gasteiger partial charge in [-0.15, -0.1) is 0 Å². The summed E-state index contributed by atoms with van der Waals surface area (Å²) in [6, 6.07) is 11.6. The summed E-state index contributed by atoms with van der Waals surface area (Å²) in [5.74, 6) is -0.993. The minimum Gasteiger partial charge on any atom is -0.494 e. The highest BCUT2D eigenvalue weighted by atomic mass is 35.5. The quantitative estimate of drug-likeness (QED) is 0.385. The van der Waals surface area contributed by atoms with Gasteiger partial charge < -0.3 is 10.1 Å². The summed E-state index contributed by atoms with van der Waals surface area (Å²) in [7, 11) is 1.33. The van der Waals surface area contributed by atoms with Crippen molar-refractivity contribution in [2.75, 3.05) is 12.4 Å². The van der Waals surface area contributed by atoms with Gasteiger partial charge in [-0.2, -0.15) is 23.0 Å². The summed E-state index contributed by atoms with van der Waals surface area (Å²) in [4.78, 5) is 24.9. The molecule has 174 valence electrons. The molecule has 0 aliphatic carbocycles. The van der Waals surface area contributed by atoms with Crippen molar-refractivity contribution in [3.63, 3.8) is 0 Å². The molecular weight excluding hydrogens is 478 g/mol. The highest BCUT2D eigenvalue weighted by Gasteiger charge is 2.31. The van der Waals surface area contributed by atoms with Gasteiger partial charge in [-0.1, -0.05) is 17.7 Å². The third-order valence-electron chi connectivity index (χ3n) is 4.94. The van der Waals surface area contributed by atoms with Gasteiger partial charge in [0.1, 0.15) is 5.82 Å². The van der Waals surface area contributed by atoms with E-state index in [-0.39, 0.29) is 22.0 Å². The van der Waals surface area contributed by atoms with Crippen LogP contribution in [0.3, 0.4) is 0 Å². The maximum Gasteiger partial charge on any atom is 0.418 e. The van der Waals surface area contributed by atoms with Crippen LogP contribution in [0.2, 0.25) is 5.02 Å². The zero-order valence-electron chi connectivity index (χ0n) is 17.3. The van der Waals surface area contributed by atoms with Crippen molar-refractivity contribution in [1.29, 1.82) is 0 Å². The van der Waals surface area contributed by atoms with E-state index in [1.165, 1.54) is 55.6 Å². The van der Waals surface area contributed by atoms with E-state index >= 15 is 0 Å². The molecular formula is C23H14ClF4N3O3. The first-order chi connectivity index (χ1) is 16.1. The highest BCUT2D eigenvalue weighted by Crippen LogP contribution is 2.37. The Morgan fingerprint density at radius 1 is 1.09 bits per heavy atom. The second-order valence-corrected chi connectivity index (χ2v) is 7.51. The van der Waals surface area contributed by atoms with Gasteiger partial charge in [-0.25, -0.2) is 4.39 Å². The van der Waals surface area contributed by atoms with Crippen LogP contribution in [0.15, 0.2) is 65.6 Å². The molecule has 6 nitrogen and oxygen atoms in total. The lowest BCUT2D eigenvalue weighted by molar-refractivity contribution is -0.138. The Bertz CT molecular complexity index is 1470. The molecule has 34 heavy (non-hydrogen) atoms. The number of rotatable bonds is 4. The highest BCUT2D eigenvalue weighted by molar-refractivity contribution is 6.38. The number of halogens is 5. The van der Waals surface area contributed by atoms with E-state index in [0.717, 1.165) is 4.68 Å². The summed E-state index contributed by atoms with van der Waals surface area (Å²) in [6.07, 6.45) is -4.13. The smallest absolute Gasteiger partial charge is 0.418 e. The number of carbonyl (C=O) groups is 1. The van der Waals surface area contributed by atoms with Gasteiger partial charge in [0.15, 0.2) is 5.75 Å². The molecule has 0 radical (unpaired) electrons. The van der Waals surface area contributed by atoms with Crippen molar-refractivity contribution >= 4 is 34.0 Å². The molecule has 1 N–H and O–H groups in total. The lowest BCUT2D eigenvalue weighted by Gasteiger charge is -2.14. The summed E-state index contributed by atoms with van der Waals surface area (Å²) < 4.78 is 57.9.